The van der Waals surface area contributed by atoms with Crippen LogP contribution >= 0.6 is 27.3 Å². The lowest BCUT2D eigenvalue weighted by atomic mass is 9.70. The molecule has 1 aliphatic carbocycles. The minimum absolute atomic E-state index is 0.183. The first kappa shape index (κ1) is 19.0. The summed E-state index contributed by atoms with van der Waals surface area (Å²) in [5.74, 6) is 0. The molecular formula is C25H27BrS. The molecular weight excluding hydrogens is 412 g/mol. The standard InChI is InChI=1S/C25H27BrS/c1-3-5-15-25(16-6-4-2)21-10-8-7-9-19(21)20-12-11-18(17-22(20)25)23-13-14-24(26)27-23/h7-14,17H,3-6,15-16H2,1-2H3. The Balaban J connectivity index is 1.90. The molecule has 0 atom stereocenters. The van der Waals surface area contributed by atoms with E-state index in [1.807, 2.05) is 11.3 Å². The van der Waals surface area contributed by atoms with E-state index < -0.39 is 0 Å². The average Bonchev–Trinajstić information content (AvgIpc) is 3.25. The number of hydrogen-bond acceptors (Lipinski definition) is 1. The number of rotatable bonds is 7. The molecule has 4 rings (SSSR count). The molecule has 0 saturated carbocycles. The third-order valence-electron chi connectivity index (χ3n) is 6.04. The molecule has 0 aliphatic heterocycles. The molecule has 0 amide bonds. The van der Waals surface area contributed by atoms with Crippen LogP contribution in [0.2, 0.25) is 0 Å². The van der Waals surface area contributed by atoms with Crippen LogP contribution in [-0.2, 0) is 5.41 Å². The predicted molar refractivity (Wildman–Crippen MR) is 123 cm³/mol. The summed E-state index contributed by atoms with van der Waals surface area (Å²) in [7, 11) is 0. The zero-order chi connectivity index (χ0) is 18.9. The summed E-state index contributed by atoms with van der Waals surface area (Å²) in [5.41, 5.74) is 7.58. The zero-order valence-corrected chi connectivity index (χ0v) is 18.6. The van der Waals surface area contributed by atoms with E-state index in [1.165, 1.54) is 63.9 Å². The molecule has 0 nitrogen and oxygen atoms in total. The summed E-state index contributed by atoms with van der Waals surface area (Å²) < 4.78 is 1.20. The van der Waals surface area contributed by atoms with E-state index in [-0.39, 0.29) is 5.41 Å². The van der Waals surface area contributed by atoms with Gasteiger partial charge in [-0.2, -0.15) is 0 Å². The summed E-state index contributed by atoms with van der Waals surface area (Å²) in [4.78, 5) is 1.35. The molecule has 0 fully saturated rings. The smallest absolute Gasteiger partial charge is 0.0705 e. The van der Waals surface area contributed by atoms with Crippen molar-refractivity contribution in [1.82, 2.24) is 0 Å². The molecule has 1 heterocycles. The van der Waals surface area contributed by atoms with Crippen molar-refractivity contribution in [2.75, 3.05) is 0 Å². The van der Waals surface area contributed by atoms with Gasteiger partial charge in [0.15, 0.2) is 0 Å². The van der Waals surface area contributed by atoms with Gasteiger partial charge in [-0.25, -0.2) is 0 Å². The maximum atomic E-state index is 3.62. The Morgan fingerprint density at radius 1 is 0.815 bits per heavy atom. The van der Waals surface area contributed by atoms with Crippen molar-refractivity contribution in [2.24, 2.45) is 0 Å². The normalized spacial score (nSPS) is 14.2. The molecule has 2 aromatic carbocycles. The van der Waals surface area contributed by atoms with Gasteiger partial charge in [-0.15, -0.1) is 11.3 Å². The van der Waals surface area contributed by atoms with Gasteiger partial charge in [0.1, 0.15) is 0 Å². The van der Waals surface area contributed by atoms with Crippen LogP contribution in [0.1, 0.15) is 63.5 Å². The van der Waals surface area contributed by atoms with E-state index >= 15 is 0 Å². The lowest BCUT2D eigenvalue weighted by Crippen LogP contribution is -2.25. The quantitative estimate of drug-likeness (QED) is 0.345. The molecule has 0 spiro atoms. The highest BCUT2D eigenvalue weighted by atomic mass is 79.9. The van der Waals surface area contributed by atoms with Gasteiger partial charge >= 0.3 is 0 Å². The van der Waals surface area contributed by atoms with E-state index in [9.17, 15) is 0 Å². The Labute approximate surface area is 175 Å². The van der Waals surface area contributed by atoms with Crippen molar-refractivity contribution in [1.29, 1.82) is 0 Å². The van der Waals surface area contributed by atoms with Crippen molar-refractivity contribution in [2.45, 2.75) is 57.8 Å². The van der Waals surface area contributed by atoms with Gasteiger partial charge in [0, 0.05) is 10.3 Å². The van der Waals surface area contributed by atoms with Gasteiger partial charge in [0.25, 0.3) is 0 Å². The number of benzene rings is 2. The SMILES string of the molecule is CCCCC1(CCCC)c2ccccc2-c2ccc(-c3ccc(Br)s3)cc21. The highest BCUT2D eigenvalue weighted by Crippen LogP contribution is 2.54. The molecule has 0 radical (unpaired) electrons. The predicted octanol–water partition coefficient (Wildman–Crippen LogP) is 8.82. The van der Waals surface area contributed by atoms with Gasteiger partial charge in [0.2, 0.25) is 0 Å². The topological polar surface area (TPSA) is 0 Å². The molecule has 3 aromatic rings. The third kappa shape index (κ3) is 3.32. The van der Waals surface area contributed by atoms with Crippen molar-refractivity contribution >= 4 is 27.3 Å². The van der Waals surface area contributed by atoms with Crippen LogP contribution in [-0.4, -0.2) is 0 Å². The molecule has 140 valence electrons. The first-order chi connectivity index (χ1) is 13.2. The van der Waals surface area contributed by atoms with Crippen molar-refractivity contribution in [3.8, 4) is 21.6 Å². The monoisotopic (exact) mass is 438 g/mol. The zero-order valence-electron chi connectivity index (χ0n) is 16.2. The lowest BCUT2D eigenvalue weighted by molar-refractivity contribution is 0.414. The minimum Gasteiger partial charge on any atom is -0.128 e. The summed E-state index contributed by atoms with van der Waals surface area (Å²) in [6, 6.07) is 20.7. The maximum Gasteiger partial charge on any atom is 0.0705 e. The highest BCUT2D eigenvalue weighted by molar-refractivity contribution is 9.11. The Morgan fingerprint density at radius 3 is 2.19 bits per heavy atom. The maximum absolute atomic E-state index is 3.62. The third-order valence-corrected chi connectivity index (χ3v) is 7.71. The van der Waals surface area contributed by atoms with Crippen LogP contribution in [0.4, 0.5) is 0 Å². The minimum atomic E-state index is 0.183. The Hall–Kier alpha value is -1.38. The van der Waals surface area contributed by atoms with Crippen LogP contribution in [0.15, 0.2) is 58.4 Å². The molecule has 0 bridgehead atoms. The Bertz CT molecular complexity index is 929. The van der Waals surface area contributed by atoms with Crippen LogP contribution < -0.4 is 0 Å². The van der Waals surface area contributed by atoms with E-state index in [4.69, 9.17) is 0 Å². The fourth-order valence-electron chi connectivity index (χ4n) is 4.70. The molecule has 0 saturated heterocycles. The van der Waals surface area contributed by atoms with Gasteiger partial charge < -0.3 is 0 Å². The summed E-state index contributed by atoms with van der Waals surface area (Å²) in [6.45, 7) is 4.63. The number of unbranched alkanes of at least 4 members (excludes halogenated alkanes) is 2. The van der Waals surface area contributed by atoms with Gasteiger partial charge in [0.05, 0.1) is 3.79 Å². The van der Waals surface area contributed by atoms with Crippen LogP contribution in [0.25, 0.3) is 21.6 Å². The second-order valence-electron chi connectivity index (χ2n) is 7.70. The second kappa shape index (κ2) is 7.93. The Morgan fingerprint density at radius 2 is 1.52 bits per heavy atom. The van der Waals surface area contributed by atoms with Crippen molar-refractivity contribution < 1.29 is 0 Å². The van der Waals surface area contributed by atoms with Crippen molar-refractivity contribution in [3.05, 3.63) is 69.5 Å². The van der Waals surface area contributed by atoms with Crippen LogP contribution in [0.3, 0.4) is 0 Å². The number of halogens is 1. The first-order valence-corrected chi connectivity index (χ1v) is 11.8. The van der Waals surface area contributed by atoms with Gasteiger partial charge in [-0.3, -0.25) is 0 Å². The molecule has 1 aliphatic rings. The van der Waals surface area contributed by atoms with E-state index in [0.29, 0.717) is 0 Å². The number of fused-ring (bicyclic) bond motifs is 3. The highest BCUT2D eigenvalue weighted by Gasteiger charge is 2.41. The molecule has 0 unspecified atom stereocenters. The average molecular weight is 439 g/mol. The number of thiophene rings is 1. The van der Waals surface area contributed by atoms with Gasteiger partial charge in [-0.05, 0) is 74.8 Å². The van der Waals surface area contributed by atoms with E-state index in [2.05, 4.69) is 84.4 Å². The fraction of sp³-hybridized carbons (Fsp3) is 0.360. The second-order valence-corrected chi connectivity index (χ2v) is 10.2. The molecule has 0 N–H and O–H groups in total. The number of hydrogen-bond donors (Lipinski definition) is 0. The molecule has 1 aromatic heterocycles. The van der Waals surface area contributed by atoms with E-state index in [1.54, 1.807) is 11.1 Å². The molecule has 2 heteroatoms. The largest absolute Gasteiger partial charge is 0.128 e. The van der Waals surface area contributed by atoms with Crippen LogP contribution in [0.5, 0.6) is 0 Å². The summed E-state index contributed by atoms with van der Waals surface area (Å²) in [5, 5.41) is 0. The Kier molecular flexibility index (Phi) is 5.57. The summed E-state index contributed by atoms with van der Waals surface area (Å²) >= 11 is 5.45. The first-order valence-electron chi connectivity index (χ1n) is 10.2. The molecule has 27 heavy (non-hydrogen) atoms. The van der Waals surface area contributed by atoms with Gasteiger partial charge in [-0.1, -0.05) is 75.9 Å². The lowest BCUT2D eigenvalue weighted by Gasteiger charge is -2.33. The summed E-state index contributed by atoms with van der Waals surface area (Å²) in [6.07, 6.45) is 7.58. The van der Waals surface area contributed by atoms with Crippen LogP contribution in [0, 0.1) is 0 Å². The van der Waals surface area contributed by atoms with Crippen molar-refractivity contribution in [3.63, 3.8) is 0 Å². The van der Waals surface area contributed by atoms with E-state index in [0.717, 1.165) is 0 Å². The fourth-order valence-corrected chi connectivity index (χ4v) is 6.08.